The second kappa shape index (κ2) is 11.6. The fraction of sp³-hybridized carbons (Fsp3) is 0.407. The number of methoxy groups -OCH3 is 1. The van der Waals surface area contributed by atoms with E-state index in [9.17, 15) is 0 Å². The number of benzene rings is 2. The lowest BCUT2D eigenvalue weighted by atomic mass is 9.93. The molecule has 1 aliphatic heterocycles. The van der Waals surface area contributed by atoms with Gasteiger partial charge in [0.15, 0.2) is 6.79 Å². The summed E-state index contributed by atoms with van der Waals surface area (Å²) in [6.45, 7) is 3.78. The summed E-state index contributed by atoms with van der Waals surface area (Å²) in [4.78, 5) is 2.61. The van der Waals surface area contributed by atoms with Gasteiger partial charge in [-0.2, -0.15) is 0 Å². The van der Waals surface area contributed by atoms with E-state index in [2.05, 4.69) is 71.7 Å². The zero-order chi connectivity index (χ0) is 21.3. The highest BCUT2D eigenvalue weighted by Gasteiger charge is 2.17. The normalized spacial score (nSPS) is 19.3. The Morgan fingerprint density at radius 2 is 1.74 bits per heavy atom. The Morgan fingerprint density at radius 1 is 0.935 bits per heavy atom. The molecule has 0 bridgehead atoms. The number of likely N-dealkylation sites (tertiary alicyclic amines) is 1. The Labute approximate surface area is 188 Å². The molecule has 0 N–H and O–H groups in total. The van der Waals surface area contributed by atoms with Crippen molar-refractivity contribution in [2.24, 2.45) is 5.92 Å². The number of piperidine rings is 1. The first-order valence-corrected chi connectivity index (χ1v) is 12.5. The lowest BCUT2D eigenvalue weighted by Crippen LogP contribution is -2.30. The molecule has 0 radical (unpaired) electrons. The van der Waals surface area contributed by atoms with Gasteiger partial charge in [0.2, 0.25) is 0 Å². The third-order valence-corrected chi connectivity index (χ3v) is 7.52. The molecule has 164 valence electrons. The smallest absolute Gasteiger partial charge is 0.188 e. The van der Waals surface area contributed by atoms with E-state index in [-0.39, 0.29) is 6.79 Å². The number of nitrogens with zero attached hydrogens (tertiary/aromatic N) is 1. The van der Waals surface area contributed by atoms with Crippen LogP contribution < -0.4 is 15.3 Å². The fourth-order valence-corrected chi connectivity index (χ4v) is 5.80. The molecular weight excluding hydrogens is 401 g/mol. The minimum absolute atomic E-state index is 0.282. The number of ether oxygens (including phenoxy) is 2. The minimum Gasteiger partial charge on any atom is -0.467 e. The average Bonchev–Trinajstić information content (AvgIpc) is 2.81. The molecular formula is C27H34NO2P. The molecule has 4 rings (SSSR count). The SMILES string of the molecule is COCOc1c(CC2C=CC=CC2)cccc1Pc1ccccc1CN1CCCCC1. The molecule has 3 nitrogen and oxygen atoms in total. The van der Waals surface area contributed by atoms with Crippen LogP contribution in [0.3, 0.4) is 0 Å². The topological polar surface area (TPSA) is 21.7 Å². The molecule has 0 saturated carbocycles. The van der Waals surface area contributed by atoms with Crippen LogP contribution >= 0.6 is 8.58 Å². The highest BCUT2D eigenvalue weighted by Crippen LogP contribution is 2.29. The first-order valence-electron chi connectivity index (χ1n) is 11.5. The van der Waals surface area contributed by atoms with Crippen LogP contribution in [0.4, 0.5) is 0 Å². The quantitative estimate of drug-likeness (QED) is 0.411. The van der Waals surface area contributed by atoms with Gasteiger partial charge in [-0.15, -0.1) is 0 Å². The van der Waals surface area contributed by atoms with Gasteiger partial charge in [-0.25, -0.2) is 0 Å². The van der Waals surface area contributed by atoms with Crippen LogP contribution in [0.1, 0.15) is 36.8 Å². The Balaban J connectivity index is 1.56. The summed E-state index contributed by atoms with van der Waals surface area (Å²) in [5.74, 6) is 1.54. The van der Waals surface area contributed by atoms with E-state index in [4.69, 9.17) is 9.47 Å². The Hall–Kier alpha value is -1.93. The summed E-state index contributed by atoms with van der Waals surface area (Å²) >= 11 is 0. The molecule has 2 atom stereocenters. The van der Waals surface area contributed by atoms with Crippen molar-refractivity contribution in [2.45, 2.75) is 38.6 Å². The third kappa shape index (κ3) is 6.29. The van der Waals surface area contributed by atoms with Crippen molar-refractivity contribution in [3.05, 3.63) is 77.9 Å². The van der Waals surface area contributed by atoms with Gasteiger partial charge in [0.05, 0.1) is 0 Å². The Kier molecular flexibility index (Phi) is 8.35. The summed E-state index contributed by atoms with van der Waals surface area (Å²) in [6, 6.07) is 15.6. The van der Waals surface area contributed by atoms with Crippen molar-refractivity contribution >= 4 is 19.2 Å². The first kappa shape index (κ1) is 22.3. The van der Waals surface area contributed by atoms with Gasteiger partial charge in [-0.05, 0) is 61.1 Å². The molecule has 2 aliphatic rings. The van der Waals surface area contributed by atoms with Crippen LogP contribution in [0.15, 0.2) is 66.8 Å². The number of hydrogen-bond donors (Lipinski definition) is 0. The van der Waals surface area contributed by atoms with Gasteiger partial charge in [0, 0.05) is 19.0 Å². The maximum Gasteiger partial charge on any atom is 0.188 e. The number of allylic oxidation sites excluding steroid dienone is 4. The van der Waals surface area contributed by atoms with Crippen LogP contribution in [0.2, 0.25) is 0 Å². The zero-order valence-corrected chi connectivity index (χ0v) is 19.6. The number of rotatable bonds is 9. The van der Waals surface area contributed by atoms with E-state index in [1.54, 1.807) is 7.11 Å². The minimum atomic E-state index is 0.282. The molecule has 2 unspecified atom stereocenters. The molecule has 0 amide bonds. The monoisotopic (exact) mass is 435 g/mol. The summed E-state index contributed by atoms with van der Waals surface area (Å²) in [5, 5.41) is 2.70. The summed E-state index contributed by atoms with van der Waals surface area (Å²) in [7, 11) is 2.26. The van der Waals surface area contributed by atoms with Crippen LogP contribution in [0.25, 0.3) is 0 Å². The van der Waals surface area contributed by atoms with Gasteiger partial charge in [-0.1, -0.05) is 81.8 Å². The number of para-hydroxylation sites is 1. The lowest BCUT2D eigenvalue weighted by Gasteiger charge is -2.27. The van der Waals surface area contributed by atoms with Gasteiger partial charge in [0.1, 0.15) is 5.75 Å². The molecule has 2 aromatic carbocycles. The Morgan fingerprint density at radius 3 is 2.55 bits per heavy atom. The van der Waals surface area contributed by atoms with Crippen LogP contribution in [0, 0.1) is 5.92 Å². The van der Waals surface area contributed by atoms with E-state index < -0.39 is 0 Å². The van der Waals surface area contributed by atoms with E-state index in [1.807, 2.05) is 0 Å². The Bertz CT molecular complexity index is 902. The highest BCUT2D eigenvalue weighted by molar-refractivity contribution is 7.55. The molecule has 0 aromatic heterocycles. The molecule has 0 spiro atoms. The van der Waals surface area contributed by atoms with Crippen molar-refractivity contribution in [3.8, 4) is 5.75 Å². The molecule has 1 aliphatic carbocycles. The van der Waals surface area contributed by atoms with Crippen LogP contribution in [-0.2, 0) is 17.7 Å². The van der Waals surface area contributed by atoms with E-state index >= 15 is 0 Å². The fourth-order valence-electron chi connectivity index (χ4n) is 4.48. The molecule has 4 heteroatoms. The maximum absolute atomic E-state index is 6.15. The van der Waals surface area contributed by atoms with Gasteiger partial charge in [0.25, 0.3) is 0 Å². The third-order valence-electron chi connectivity index (χ3n) is 6.10. The molecule has 1 heterocycles. The van der Waals surface area contributed by atoms with Crippen molar-refractivity contribution < 1.29 is 9.47 Å². The molecule has 1 fully saturated rings. The predicted molar refractivity (Wildman–Crippen MR) is 132 cm³/mol. The van der Waals surface area contributed by atoms with E-state index in [0.717, 1.165) is 25.1 Å². The standard InChI is InChI=1S/C27H34NO2P/c1-29-21-30-27-23(19-22-11-4-2-5-12-22)14-10-16-26(27)31-25-15-7-6-13-24(25)20-28-17-8-3-9-18-28/h2,4-7,10-11,13-16,22,31H,3,8-9,12,17-21H2,1H3. The van der Waals surface area contributed by atoms with Crippen molar-refractivity contribution in [2.75, 3.05) is 27.0 Å². The zero-order valence-electron chi connectivity index (χ0n) is 18.6. The molecule has 2 aromatic rings. The maximum atomic E-state index is 6.15. The largest absolute Gasteiger partial charge is 0.467 e. The van der Waals surface area contributed by atoms with Gasteiger partial charge < -0.3 is 9.47 Å². The van der Waals surface area contributed by atoms with Crippen LogP contribution in [0.5, 0.6) is 5.75 Å². The van der Waals surface area contributed by atoms with E-state index in [0.29, 0.717) is 14.5 Å². The second-order valence-electron chi connectivity index (χ2n) is 8.48. The van der Waals surface area contributed by atoms with Crippen molar-refractivity contribution in [1.29, 1.82) is 0 Å². The van der Waals surface area contributed by atoms with E-state index in [1.165, 1.54) is 54.1 Å². The lowest BCUT2D eigenvalue weighted by molar-refractivity contribution is 0.0511. The van der Waals surface area contributed by atoms with Crippen LogP contribution in [-0.4, -0.2) is 31.9 Å². The molecule has 31 heavy (non-hydrogen) atoms. The first-order chi connectivity index (χ1) is 15.3. The summed E-state index contributed by atoms with van der Waals surface area (Å²) in [6.07, 6.45) is 15.0. The van der Waals surface area contributed by atoms with Crippen molar-refractivity contribution in [3.63, 3.8) is 0 Å². The summed E-state index contributed by atoms with van der Waals surface area (Å²) in [5.41, 5.74) is 2.73. The predicted octanol–water partition coefficient (Wildman–Crippen LogP) is 4.96. The summed E-state index contributed by atoms with van der Waals surface area (Å²) < 4.78 is 11.4. The number of hydrogen-bond acceptors (Lipinski definition) is 3. The van der Waals surface area contributed by atoms with Crippen molar-refractivity contribution in [1.82, 2.24) is 4.90 Å². The average molecular weight is 436 g/mol. The molecule has 1 saturated heterocycles. The highest BCUT2D eigenvalue weighted by atomic mass is 31.1. The van der Waals surface area contributed by atoms with Gasteiger partial charge in [-0.3, -0.25) is 4.90 Å². The van der Waals surface area contributed by atoms with Gasteiger partial charge >= 0.3 is 0 Å². The second-order valence-corrected chi connectivity index (χ2v) is 9.80.